The molecule has 18 heavy (non-hydrogen) atoms. The highest BCUT2D eigenvalue weighted by Crippen LogP contribution is 2.23. The van der Waals surface area contributed by atoms with Gasteiger partial charge in [0, 0.05) is 25.4 Å². The fourth-order valence-electron chi connectivity index (χ4n) is 2.63. The van der Waals surface area contributed by atoms with E-state index >= 15 is 0 Å². The summed E-state index contributed by atoms with van der Waals surface area (Å²) in [5, 5.41) is 10.6. The lowest BCUT2D eigenvalue weighted by molar-refractivity contribution is -0.127. The maximum Gasteiger partial charge on any atom is 0.240 e. The monoisotopic (exact) mass is 250 g/mol. The number of hydrogen-bond acceptors (Lipinski definition) is 3. The summed E-state index contributed by atoms with van der Waals surface area (Å²) in [7, 11) is 1.89. The van der Waals surface area contributed by atoms with E-state index in [1.165, 1.54) is 0 Å². The van der Waals surface area contributed by atoms with Crippen LogP contribution in [0.3, 0.4) is 0 Å². The van der Waals surface area contributed by atoms with Crippen LogP contribution in [0.4, 0.5) is 0 Å². The Kier molecular flexibility index (Phi) is 3.71. The number of nitrogens with zero attached hydrogens (tertiary/aromatic N) is 2. The molecule has 2 heterocycles. The summed E-state index contributed by atoms with van der Waals surface area (Å²) in [6.07, 6.45) is 4.80. The first-order valence-electron chi connectivity index (χ1n) is 6.60. The summed E-state index contributed by atoms with van der Waals surface area (Å²) < 4.78 is 1.78. The molecule has 1 fully saturated rings. The predicted octanol–water partition coefficient (Wildman–Crippen LogP) is 0.877. The topological polar surface area (TPSA) is 59.0 Å². The Morgan fingerprint density at radius 1 is 1.67 bits per heavy atom. The molecule has 0 bridgehead atoms. The Hall–Kier alpha value is -1.36. The van der Waals surface area contributed by atoms with Gasteiger partial charge < -0.3 is 10.6 Å². The molecule has 1 unspecified atom stereocenters. The first-order chi connectivity index (χ1) is 8.57. The van der Waals surface area contributed by atoms with Gasteiger partial charge in [-0.25, -0.2) is 0 Å². The molecule has 1 aliphatic rings. The second-order valence-electron chi connectivity index (χ2n) is 5.06. The number of rotatable bonds is 4. The molecule has 5 heteroatoms. The van der Waals surface area contributed by atoms with Gasteiger partial charge in [0.05, 0.1) is 11.2 Å². The summed E-state index contributed by atoms with van der Waals surface area (Å²) in [6.45, 7) is 5.52. The molecule has 1 atom stereocenters. The first kappa shape index (κ1) is 13.1. The van der Waals surface area contributed by atoms with Gasteiger partial charge in [0.15, 0.2) is 0 Å². The number of aromatic nitrogens is 2. The van der Waals surface area contributed by atoms with Crippen LogP contribution in [0.15, 0.2) is 6.20 Å². The normalized spacial score (nSPS) is 23.3. The molecule has 0 spiro atoms. The summed E-state index contributed by atoms with van der Waals surface area (Å²) >= 11 is 0. The Morgan fingerprint density at radius 2 is 2.44 bits per heavy atom. The molecule has 0 aromatic carbocycles. The molecule has 1 saturated heterocycles. The second-order valence-corrected chi connectivity index (χ2v) is 5.06. The van der Waals surface area contributed by atoms with Gasteiger partial charge in [0.2, 0.25) is 5.91 Å². The van der Waals surface area contributed by atoms with E-state index in [1.54, 1.807) is 4.68 Å². The van der Waals surface area contributed by atoms with Gasteiger partial charge in [-0.3, -0.25) is 9.48 Å². The minimum atomic E-state index is -0.351. The van der Waals surface area contributed by atoms with Crippen molar-refractivity contribution >= 4 is 5.91 Å². The van der Waals surface area contributed by atoms with E-state index in [1.807, 2.05) is 20.2 Å². The molecule has 0 radical (unpaired) electrons. The first-order valence-corrected chi connectivity index (χ1v) is 6.60. The molecule has 1 aromatic heterocycles. The molecule has 5 nitrogen and oxygen atoms in total. The standard InChI is InChI=1S/C13H22N4O/c1-4-13(6-5-7-15-13)12(18)14-8-11-9-17(3)16-10(11)2/h9,15H,4-8H2,1-3H3,(H,14,18). The SMILES string of the molecule is CCC1(C(=O)NCc2cn(C)nc2C)CCCN1. The minimum absolute atomic E-state index is 0.116. The summed E-state index contributed by atoms with van der Waals surface area (Å²) in [6, 6.07) is 0. The number of hydrogen-bond donors (Lipinski definition) is 2. The second kappa shape index (κ2) is 5.10. The minimum Gasteiger partial charge on any atom is -0.350 e. The third kappa shape index (κ3) is 2.41. The smallest absolute Gasteiger partial charge is 0.240 e. The zero-order chi connectivity index (χ0) is 13.2. The Bertz CT molecular complexity index is 432. The highest BCUT2D eigenvalue weighted by Gasteiger charge is 2.38. The summed E-state index contributed by atoms with van der Waals surface area (Å²) in [5.74, 6) is 0.116. The fourth-order valence-corrected chi connectivity index (χ4v) is 2.63. The van der Waals surface area contributed by atoms with Gasteiger partial charge in [-0.15, -0.1) is 0 Å². The van der Waals surface area contributed by atoms with Crippen LogP contribution in [0.1, 0.15) is 37.4 Å². The number of carbonyl (C=O) groups excluding carboxylic acids is 1. The van der Waals surface area contributed by atoms with E-state index in [9.17, 15) is 4.79 Å². The van der Waals surface area contributed by atoms with Crippen molar-refractivity contribution in [2.75, 3.05) is 6.54 Å². The van der Waals surface area contributed by atoms with E-state index in [4.69, 9.17) is 0 Å². The van der Waals surface area contributed by atoms with Gasteiger partial charge >= 0.3 is 0 Å². The van der Waals surface area contributed by atoms with Crippen molar-refractivity contribution in [3.63, 3.8) is 0 Å². The highest BCUT2D eigenvalue weighted by atomic mass is 16.2. The Labute approximate surface area is 108 Å². The van der Waals surface area contributed by atoms with E-state index in [2.05, 4.69) is 22.7 Å². The molecule has 100 valence electrons. The maximum atomic E-state index is 12.3. The van der Waals surface area contributed by atoms with Crippen molar-refractivity contribution in [3.8, 4) is 0 Å². The molecular formula is C13H22N4O. The van der Waals surface area contributed by atoms with E-state index in [-0.39, 0.29) is 11.4 Å². The Morgan fingerprint density at radius 3 is 2.94 bits per heavy atom. The number of nitrogens with one attached hydrogen (secondary N) is 2. The molecule has 2 rings (SSSR count). The largest absolute Gasteiger partial charge is 0.350 e. The molecule has 0 saturated carbocycles. The molecule has 2 N–H and O–H groups in total. The van der Waals surface area contributed by atoms with Crippen molar-refractivity contribution in [2.45, 2.75) is 45.2 Å². The third-order valence-electron chi connectivity index (χ3n) is 3.84. The van der Waals surface area contributed by atoms with E-state index in [0.29, 0.717) is 6.54 Å². The van der Waals surface area contributed by atoms with Crippen LogP contribution in [0, 0.1) is 6.92 Å². The molecule has 0 aliphatic carbocycles. The third-order valence-corrected chi connectivity index (χ3v) is 3.84. The fraction of sp³-hybridized carbons (Fsp3) is 0.692. The van der Waals surface area contributed by atoms with Gasteiger partial charge in [-0.2, -0.15) is 5.10 Å². The van der Waals surface area contributed by atoms with Gasteiger partial charge in [0.1, 0.15) is 0 Å². The molecule has 1 amide bonds. The highest BCUT2D eigenvalue weighted by molar-refractivity contribution is 5.86. The van der Waals surface area contributed by atoms with Gasteiger partial charge in [-0.1, -0.05) is 6.92 Å². The Balaban J connectivity index is 1.97. The lowest BCUT2D eigenvalue weighted by Gasteiger charge is -2.26. The lowest BCUT2D eigenvalue weighted by atomic mass is 9.93. The van der Waals surface area contributed by atoms with Crippen LogP contribution in [0.5, 0.6) is 0 Å². The maximum absolute atomic E-state index is 12.3. The van der Waals surface area contributed by atoms with Crippen molar-refractivity contribution in [2.24, 2.45) is 7.05 Å². The van der Waals surface area contributed by atoms with Gasteiger partial charge in [0.25, 0.3) is 0 Å². The number of carbonyl (C=O) groups is 1. The van der Waals surface area contributed by atoms with Crippen LogP contribution < -0.4 is 10.6 Å². The zero-order valence-electron chi connectivity index (χ0n) is 11.4. The van der Waals surface area contributed by atoms with Crippen LogP contribution in [-0.4, -0.2) is 27.8 Å². The van der Waals surface area contributed by atoms with Gasteiger partial charge in [-0.05, 0) is 32.7 Å². The summed E-state index contributed by atoms with van der Waals surface area (Å²) in [4.78, 5) is 12.3. The molecule has 1 aliphatic heterocycles. The average Bonchev–Trinajstić information content (AvgIpc) is 2.94. The van der Waals surface area contributed by atoms with Crippen molar-refractivity contribution in [1.29, 1.82) is 0 Å². The van der Waals surface area contributed by atoms with Crippen molar-refractivity contribution in [1.82, 2.24) is 20.4 Å². The number of amides is 1. The van der Waals surface area contributed by atoms with Crippen LogP contribution in [0.2, 0.25) is 0 Å². The van der Waals surface area contributed by atoms with Crippen LogP contribution >= 0.6 is 0 Å². The van der Waals surface area contributed by atoms with E-state index in [0.717, 1.165) is 37.1 Å². The number of aryl methyl sites for hydroxylation is 2. The zero-order valence-corrected chi connectivity index (χ0v) is 11.4. The lowest BCUT2D eigenvalue weighted by Crippen LogP contribution is -2.52. The predicted molar refractivity (Wildman–Crippen MR) is 70.1 cm³/mol. The molecule has 1 aromatic rings. The molecular weight excluding hydrogens is 228 g/mol. The quantitative estimate of drug-likeness (QED) is 0.834. The average molecular weight is 250 g/mol. The summed E-state index contributed by atoms with van der Waals surface area (Å²) in [5.41, 5.74) is 1.70. The van der Waals surface area contributed by atoms with Crippen molar-refractivity contribution in [3.05, 3.63) is 17.5 Å². The van der Waals surface area contributed by atoms with Crippen LogP contribution in [0.25, 0.3) is 0 Å². The van der Waals surface area contributed by atoms with Crippen molar-refractivity contribution < 1.29 is 4.79 Å². The van der Waals surface area contributed by atoms with E-state index < -0.39 is 0 Å². The van der Waals surface area contributed by atoms with Crippen LogP contribution in [-0.2, 0) is 18.4 Å².